The van der Waals surface area contributed by atoms with Gasteiger partial charge < -0.3 is 9.47 Å². The third-order valence-corrected chi connectivity index (χ3v) is 3.53. The Morgan fingerprint density at radius 3 is 2.40 bits per heavy atom. The van der Waals surface area contributed by atoms with Crippen LogP contribution in [0.1, 0.15) is 18.9 Å². The van der Waals surface area contributed by atoms with Gasteiger partial charge in [0, 0.05) is 15.9 Å². The number of halogens is 2. The zero-order valence-electron chi connectivity index (χ0n) is 11.2. The van der Waals surface area contributed by atoms with Crippen LogP contribution in [-0.4, -0.2) is 6.61 Å². The molecule has 0 heterocycles. The summed E-state index contributed by atoms with van der Waals surface area (Å²) >= 11 is 9.41. The fraction of sp³-hybridized carbons (Fsp3) is 0.250. The fourth-order valence-corrected chi connectivity index (χ4v) is 2.34. The lowest BCUT2D eigenvalue weighted by molar-refractivity contribution is 0.317. The van der Waals surface area contributed by atoms with Gasteiger partial charge in [0.1, 0.15) is 17.2 Å². The van der Waals surface area contributed by atoms with E-state index >= 15 is 0 Å². The molecule has 2 aromatic carbocycles. The van der Waals surface area contributed by atoms with Gasteiger partial charge in [-0.2, -0.15) is 0 Å². The maximum absolute atomic E-state index is 5.97. The number of ether oxygens (including phenoxy) is 2. The molecule has 0 fully saturated rings. The molecule has 0 radical (unpaired) electrons. The topological polar surface area (TPSA) is 18.5 Å². The summed E-state index contributed by atoms with van der Waals surface area (Å²) in [4.78, 5) is 0. The van der Waals surface area contributed by atoms with Crippen LogP contribution in [-0.2, 0) is 5.33 Å². The molecular weight excluding hydrogens is 340 g/mol. The predicted octanol–water partition coefficient (Wildman–Crippen LogP) is 5.82. The summed E-state index contributed by atoms with van der Waals surface area (Å²) in [6, 6.07) is 13.2. The molecule has 0 atom stereocenters. The van der Waals surface area contributed by atoms with Crippen LogP contribution in [0, 0.1) is 0 Å². The quantitative estimate of drug-likeness (QED) is 0.608. The van der Waals surface area contributed by atoms with Crippen molar-refractivity contribution < 1.29 is 9.47 Å². The van der Waals surface area contributed by atoms with E-state index in [1.807, 2.05) is 42.5 Å². The number of rotatable bonds is 6. The van der Waals surface area contributed by atoms with Crippen molar-refractivity contribution in [3.05, 3.63) is 53.1 Å². The lowest BCUT2D eigenvalue weighted by Crippen LogP contribution is -1.94. The summed E-state index contributed by atoms with van der Waals surface area (Å²) in [6.45, 7) is 2.81. The summed E-state index contributed by atoms with van der Waals surface area (Å²) in [5, 5.41) is 1.40. The standard InChI is InChI=1S/C16H16BrClO2/c1-2-9-19-14-4-6-15(7-5-14)20-16-8-3-13(18)10-12(16)11-17/h3-8,10H,2,9,11H2,1H3. The first kappa shape index (κ1) is 15.2. The van der Waals surface area contributed by atoms with E-state index in [0.717, 1.165) is 35.8 Å². The first-order chi connectivity index (χ1) is 9.72. The molecule has 0 spiro atoms. The van der Waals surface area contributed by atoms with Crippen LogP contribution in [0.3, 0.4) is 0 Å². The average Bonchev–Trinajstić information content (AvgIpc) is 2.48. The van der Waals surface area contributed by atoms with Gasteiger partial charge in [-0.3, -0.25) is 0 Å². The van der Waals surface area contributed by atoms with E-state index in [9.17, 15) is 0 Å². The van der Waals surface area contributed by atoms with Crippen molar-refractivity contribution in [3.63, 3.8) is 0 Å². The normalized spacial score (nSPS) is 10.3. The Balaban J connectivity index is 2.10. The van der Waals surface area contributed by atoms with Gasteiger partial charge in [-0.05, 0) is 48.9 Å². The SMILES string of the molecule is CCCOc1ccc(Oc2ccc(Cl)cc2CBr)cc1. The Hall–Kier alpha value is -1.19. The molecular formula is C16H16BrClO2. The highest BCUT2D eigenvalue weighted by Gasteiger charge is 2.05. The van der Waals surface area contributed by atoms with Crippen LogP contribution in [0.25, 0.3) is 0 Å². The molecule has 0 N–H and O–H groups in total. The Kier molecular flexibility index (Phi) is 5.74. The monoisotopic (exact) mass is 354 g/mol. The molecule has 0 saturated heterocycles. The maximum Gasteiger partial charge on any atom is 0.131 e. The van der Waals surface area contributed by atoms with E-state index < -0.39 is 0 Å². The minimum Gasteiger partial charge on any atom is -0.494 e. The van der Waals surface area contributed by atoms with Gasteiger partial charge in [0.25, 0.3) is 0 Å². The summed E-state index contributed by atoms with van der Waals surface area (Å²) < 4.78 is 11.4. The van der Waals surface area contributed by atoms with E-state index in [4.69, 9.17) is 21.1 Å². The number of hydrogen-bond acceptors (Lipinski definition) is 2. The summed E-state index contributed by atoms with van der Waals surface area (Å²) in [5.41, 5.74) is 1.02. The van der Waals surface area contributed by atoms with Crippen molar-refractivity contribution in [3.8, 4) is 17.2 Å². The molecule has 0 saturated carbocycles. The molecule has 0 unspecified atom stereocenters. The minimum absolute atomic E-state index is 0.695. The van der Waals surface area contributed by atoms with E-state index in [2.05, 4.69) is 22.9 Å². The van der Waals surface area contributed by atoms with Crippen molar-refractivity contribution in [2.75, 3.05) is 6.61 Å². The number of benzene rings is 2. The highest BCUT2D eigenvalue weighted by Crippen LogP contribution is 2.30. The summed E-state index contributed by atoms with van der Waals surface area (Å²) in [5.74, 6) is 2.43. The van der Waals surface area contributed by atoms with Crippen LogP contribution in [0.15, 0.2) is 42.5 Å². The second-order valence-electron chi connectivity index (χ2n) is 4.31. The fourth-order valence-electron chi connectivity index (χ4n) is 1.70. The Morgan fingerprint density at radius 2 is 1.75 bits per heavy atom. The van der Waals surface area contributed by atoms with Crippen molar-refractivity contribution >= 4 is 27.5 Å². The second kappa shape index (κ2) is 7.55. The van der Waals surface area contributed by atoms with Crippen molar-refractivity contribution in [1.29, 1.82) is 0 Å². The molecule has 0 aliphatic carbocycles. The molecule has 2 aromatic rings. The van der Waals surface area contributed by atoms with Crippen LogP contribution in [0.5, 0.6) is 17.2 Å². The van der Waals surface area contributed by atoms with E-state index in [1.165, 1.54) is 0 Å². The molecule has 106 valence electrons. The van der Waals surface area contributed by atoms with Crippen molar-refractivity contribution in [2.24, 2.45) is 0 Å². The molecule has 0 bridgehead atoms. The van der Waals surface area contributed by atoms with E-state index in [1.54, 1.807) is 0 Å². The van der Waals surface area contributed by atoms with Gasteiger partial charge in [0.15, 0.2) is 0 Å². The Labute approximate surface area is 132 Å². The van der Waals surface area contributed by atoms with Crippen LogP contribution < -0.4 is 9.47 Å². The first-order valence-electron chi connectivity index (χ1n) is 6.48. The van der Waals surface area contributed by atoms with Crippen LogP contribution in [0.4, 0.5) is 0 Å². The van der Waals surface area contributed by atoms with Gasteiger partial charge in [-0.15, -0.1) is 0 Å². The Bertz CT molecular complexity index is 555. The Morgan fingerprint density at radius 1 is 1.05 bits per heavy atom. The van der Waals surface area contributed by atoms with Gasteiger partial charge >= 0.3 is 0 Å². The van der Waals surface area contributed by atoms with Crippen LogP contribution in [0.2, 0.25) is 5.02 Å². The van der Waals surface area contributed by atoms with E-state index in [0.29, 0.717) is 10.4 Å². The molecule has 4 heteroatoms. The average molecular weight is 356 g/mol. The maximum atomic E-state index is 5.97. The van der Waals surface area contributed by atoms with Crippen molar-refractivity contribution in [1.82, 2.24) is 0 Å². The molecule has 2 nitrogen and oxygen atoms in total. The van der Waals surface area contributed by atoms with E-state index in [-0.39, 0.29) is 0 Å². The van der Waals surface area contributed by atoms with Crippen LogP contribution >= 0.6 is 27.5 Å². The van der Waals surface area contributed by atoms with Gasteiger partial charge in [-0.25, -0.2) is 0 Å². The summed E-state index contributed by atoms with van der Waals surface area (Å²) in [7, 11) is 0. The van der Waals surface area contributed by atoms with Gasteiger partial charge in [0.05, 0.1) is 6.61 Å². The minimum atomic E-state index is 0.695. The highest BCUT2D eigenvalue weighted by molar-refractivity contribution is 9.08. The number of hydrogen-bond donors (Lipinski definition) is 0. The highest BCUT2D eigenvalue weighted by atomic mass is 79.9. The molecule has 0 aromatic heterocycles. The summed E-state index contributed by atoms with van der Waals surface area (Å²) in [6.07, 6.45) is 0.998. The lowest BCUT2D eigenvalue weighted by atomic mass is 10.2. The largest absolute Gasteiger partial charge is 0.494 e. The third-order valence-electron chi connectivity index (χ3n) is 2.69. The van der Waals surface area contributed by atoms with Gasteiger partial charge in [0.2, 0.25) is 0 Å². The van der Waals surface area contributed by atoms with Gasteiger partial charge in [-0.1, -0.05) is 34.5 Å². The first-order valence-corrected chi connectivity index (χ1v) is 7.98. The predicted molar refractivity (Wildman–Crippen MR) is 86.4 cm³/mol. The third kappa shape index (κ3) is 4.15. The lowest BCUT2D eigenvalue weighted by Gasteiger charge is -2.11. The smallest absolute Gasteiger partial charge is 0.131 e. The molecule has 0 aliphatic heterocycles. The number of alkyl halides is 1. The zero-order chi connectivity index (χ0) is 14.4. The second-order valence-corrected chi connectivity index (χ2v) is 5.30. The molecule has 2 rings (SSSR count). The molecule has 0 amide bonds. The zero-order valence-corrected chi connectivity index (χ0v) is 13.6. The van der Waals surface area contributed by atoms with Crippen molar-refractivity contribution in [2.45, 2.75) is 18.7 Å². The molecule has 20 heavy (non-hydrogen) atoms. The molecule has 0 aliphatic rings.